The number of anilines is 1. The van der Waals surface area contributed by atoms with Crippen molar-refractivity contribution in [3.63, 3.8) is 0 Å². The number of hydrogen-bond acceptors (Lipinski definition) is 5. The Morgan fingerprint density at radius 2 is 1.92 bits per heavy atom. The number of carbonyl (C=O) groups excluding carboxylic acids is 2. The lowest BCUT2D eigenvalue weighted by molar-refractivity contribution is -0.140. The van der Waals surface area contributed by atoms with Crippen molar-refractivity contribution >= 4 is 17.8 Å². The van der Waals surface area contributed by atoms with Crippen LogP contribution in [0.25, 0.3) is 0 Å². The Morgan fingerprint density at radius 1 is 1.21 bits per heavy atom. The van der Waals surface area contributed by atoms with Gasteiger partial charge in [-0.2, -0.15) is 0 Å². The number of likely N-dealkylation sites (tertiary alicyclic amines) is 1. The van der Waals surface area contributed by atoms with Crippen LogP contribution in [0.1, 0.15) is 45.2 Å². The fourth-order valence-corrected chi connectivity index (χ4v) is 3.15. The first kappa shape index (κ1) is 16.7. The highest BCUT2D eigenvalue weighted by Gasteiger charge is 2.32. The molecule has 2 aliphatic rings. The highest BCUT2D eigenvalue weighted by atomic mass is 16.6. The number of amides is 2. The predicted octanol–water partition coefficient (Wildman–Crippen LogP) is 2.19. The quantitative estimate of drug-likeness (QED) is 0.830. The van der Waals surface area contributed by atoms with Crippen LogP contribution >= 0.6 is 0 Å². The average Bonchev–Trinajstić information content (AvgIpc) is 3.00. The molecule has 7 heteroatoms. The lowest BCUT2D eigenvalue weighted by atomic mass is 9.90. The molecule has 0 spiro atoms. The minimum Gasteiger partial charge on any atom is -0.447 e. The molecule has 1 aromatic heterocycles. The molecule has 0 aromatic carbocycles. The average molecular weight is 332 g/mol. The third kappa shape index (κ3) is 3.34. The van der Waals surface area contributed by atoms with Gasteiger partial charge in [-0.1, -0.05) is 20.8 Å². The Kier molecular flexibility index (Phi) is 4.43. The van der Waals surface area contributed by atoms with Crippen LogP contribution in [-0.4, -0.2) is 53.1 Å². The van der Waals surface area contributed by atoms with E-state index in [1.54, 1.807) is 12.4 Å². The van der Waals surface area contributed by atoms with Crippen molar-refractivity contribution in [1.82, 2.24) is 14.9 Å². The number of nitrogens with zero attached hydrogens (tertiary/aromatic N) is 4. The van der Waals surface area contributed by atoms with Gasteiger partial charge in [-0.15, -0.1) is 0 Å². The number of ether oxygens (including phenoxy) is 1. The first-order valence-corrected chi connectivity index (χ1v) is 8.42. The summed E-state index contributed by atoms with van der Waals surface area (Å²) in [6, 6.07) is 0. The van der Waals surface area contributed by atoms with Crippen molar-refractivity contribution in [2.75, 3.05) is 31.1 Å². The Morgan fingerprint density at radius 3 is 2.50 bits per heavy atom. The van der Waals surface area contributed by atoms with Crippen LogP contribution in [0, 0.1) is 5.41 Å². The smallest absolute Gasteiger partial charge is 0.415 e. The van der Waals surface area contributed by atoms with Crippen LogP contribution in [0.4, 0.5) is 10.6 Å². The van der Waals surface area contributed by atoms with Gasteiger partial charge in [0.25, 0.3) is 0 Å². The Labute approximate surface area is 142 Å². The van der Waals surface area contributed by atoms with Gasteiger partial charge in [0.15, 0.2) is 5.82 Å². The normalized spacial score (nSPS) is 19.5. The van der Waals surface area contributed by atoms with E-state index >= 15 is 0 Å². The van der Waals surface area contributed by atoms with E-state index in [2.05, 4.69) is 9.97 Å². The van der Waals surface area contributed by atoms with Crippen LogP contribution in [0.5, 0.6) is 0 Å². The van der Waals surface area contributed by atoms with E-state index in [4.69, 9.17) is 4.74 Å². The predicted molar refractivity (Wildman–Crippen MR) is 88.7 cm³/mol. The number of hydrogen-bond donors (Lipinski definition) is 0. The Balaban J connectivity index is 1.67. The molecular formula is C17H24N4O3. The molecule has 0 N–H and O–H groups in total. The molecule has 3 heterocycles. The maximum atomic E-state index is 12.4. The fraction of sp³-hybridized carbons (Fsp3) is 0.647. The zero-order valence-electron chi connectivity index (χ0n) is 14.5. The Bertz CT molecular complexity index is 633. The molecule has 3 rings (SSSR count). The highest BCUT2D eigenvalue weighted by molar-refractivity contribution is 5.87. The van der Waals surface area contributed by atoms with Crippen LogP contribution in [0.15, 0.2) is 12.4 Å². The maximum absolute atomic E-state index is 12.4. The molecule has 2 aliphatic heterocycles. The fourth-order valence-electron chi connectivity index (χ4n) is 3.15. The Hall–Kier alpha value is -2.18. The maximum Gasteiger partial charge on any atom is 0.415 e. The third-order valence-corrected chi connectivity index (χ3v) is 4.52. The van der Waals surface area contributed by atoms with Gasteiger partial charge < -0.3 is 9.64 Å². The summed E-state index contributed by atoms with van der Waals surface area (Å²) >= 11 is 0. The summed E-state index contributed by atoms with van der Waals surface area (Å²) in [5, 5.41) is 0. The highest BCUT2D eigenvalue weighted by Crippen LogP contribution is 2.30. The summed E-state index contributed by atoms with van der Waals surface area (Å²) in [4.78, 5) is 36.3. The molecule has 130 valence electrons. The first-order chi connectivity index (χ1) is 11.4. The zero-order chi connectivity index (χ0) is 17.3. The van der Waals surface area contributed by atoms with Gasteiger partial charge in [0.2, 0.25) is 5.91 Å². The third-order valence-electron chi connectivity index (χ3n) is 4.52. The van der Waals surface area contributed by atoms with Crippen LogP contribution in [0.3, 0.4) is 0 Å². The number of rotatable bonds is 2. The summed E-state index contributed by atoms with van der Waals surface area (Å²) in [6.07, 6.45) is 4.71. The van der Waals surface area contributed by atoms with Gasteiger partial charge in [-0.05, 0) is 12.8 Å². The van der Waals surface area contributed by atoms with E-state index < -0.39 is 0 Å². The van der Waals surface area contributed by atoms with Crippen LogP contribution in [0.2, 0.25) is 0 Å². The van der Waals surface area contributed by atoms with E-state index in [9.17, 15) is 9.59 Å². The summed E-state index contributed by atoms with van der Waals surface area (Å²) in [5.74, 6) is 1.00. The van der Waals surface area contributed by atoms with Crippen molar-refractivity contribution in [3.05, 3.63) is 18.1 Å². The molecule has 0 atom stereocenters. The minimum absolute atomic E-state index is 0.195. The van der Waals surface area contributed by atoms with Gasteiger partial charge in [-0.25, -0.2) is 9.78 Å². The van der Waals surface area contributed by atoms with Gasteiger partial charge in [-0.3, -0.25) is 14.7 Å². The van der Waals surface area contributed by atoms with E-state index in [0.29, 0.717) is 19.0 Å². The van der Waals surface area contributed by atoms with Crippen molar-refractivity contribution in [2.45, 2.75) is 39.5 Å². The van der Waals surface area contributed by atoms with Crippen molar-refractivity contribution in [3.8, 4) is 0 Å². The summed E-state index contributed by atoms with van der Waals surface area (Å²) in [7, 11) is 0. The van der Waals surface area contributed by atoms with Gasteiger partial charge >= 0.3 is 6.09 Å². The van der Waals surface area contributed by atoms with Gasteiger partial charge in [0, 0.05) is 30.6 Å². The van der Waals surface area contributed by atoms with Gasteiger partial charge in [0.1, 0.15) is 6.61 Å². The van der Waals surface area contributed by atoms with Crippen molar-refractivity contribution < 1.29 is 14.3 Å². The molecule has 2 saturated heterocycles. The SMILES string of the molecule is CC(C)(C)C(=O)N1CCC(c2cncc(N3CCOC3=O)n2)CC1. The second kappa shape index (κ2) is 6.37. The number of piperidine rings is 1. The number of aromatic nitrogens is 2. The van der Waals surface area contributed by atoms with Gasteiger partial charge in [0.05, 0.1) is 18.4 Å². The molecule has 0 unspecified atom stereocenters. The molecule has 0 bridgehead atoms. The summed E-state index contributed by atoms with van der Waals surface area (Å²) in [6.45, 7) is 8.22. The number of carbonyl (C=O) groups is 2. The summed E-state index contributed by atoms with van der Waals surface area (Å²) < 4.78 is 4.95. The molecule has 0 radical (unpaired) electrons. The van der Waals surface area contributed by atoms with E-state index in [-0.39, 0.29) is 23.3 Å². The molecule has 7 nitrogen and oxygen atoms in total. The molecule has 0 saturated carbocycles. The van der Waals surface area contributed by atoms with Crippen LogP contribution < -0.4 is 4.90 Å². The molecule has 2 amide bonds. The molecule has 2 fully saturated rings. The topological polar surface area (TPSA) is 75.6 Å². The summed E-state index contributed by atoms with van der Waals surface area (Å²) in [5.41, 5.74) is 0.540. The first-order valence-electron chi connectivity index (χ1n) is 8.42. The second-order valence-corrected chi connectivity index (χ2v) is 7.38. The zero-order valence-corrected chi connectivity index (χ0v) is 14.5. The standard InChI is InChI=1S/C17H24N4O3/c1-17(2,3)15(22)20-6-4-12(5-7-20)13-10-18-11-14(19-13)21-8-9-24-16(21)23/h10-12H,4-9H2,1-3H3. The number of cyclic esters (lactones) is 1. The van der Waals surface area contributed by atoms with Crippen molar-refractivity contribution in [1.29, 1.82) is 0 Å². The van der Waals surface area contributed by atoms with E-state index in [1.807, 2.05) is 25.7 Å². The lowest BCUT2D eigenvalue weighted by Crippen LogP contribution is -2.43. The van der Waals surface area contributed by atoms with E-state index in [0.717, 1.165) is 31.6 Å². The lowest BCUT2D eigenvalue weighted by Gasteiger charge is -2.35. The molecular weight excluding hydrogens is 308 g/mol. The van der Waals surface area contributed by atoms with Crippen LogP contribution in [-0.2, 0) is 9.53 Å². The van der Waals surface area contributed by atoms with E-state index in [1.165, 1.54) is 4.90 Å². The molecule has 1 aromatic rings. The largest absolute Gasteiger partial charge is 0.447 e. The molecule has 24 heavy (non-hydrogen) atoms. The molecule has 0 aliphatic carbocycles. The monoisotopic (exact) mass is 332 g/mol. The van der Waals surface area contributed by atoms with Crippen molar-refractivity contribution in [2.24, 2.45) is 5.41 Å². The second-order valence-electron chi connectivity index (χ2n) is 7.38. The minimum atomic E-state index is -0.368.